The van der Waals surface area contributed by atoms with Gasteiger partial charge in [-0.05, 0) is 55.3 Å². The predicted octanol–water partition coefficient (Wildman–Crippen LogP) is 2.70. The van der Waals surface area contributed by atoms with Crippen molar-refractivity contribution in [1.29, 1.82) is 0 Å². The number of hydrogen-bond donors (Lipinski definition) is 1. The molecule has 0 aliphatic carbocycles. The SMILES string of the molecule is CC(NC(=O)c1ccc(N2CCCC2=O)cc1)c1ccncc1. The number of pyridine rings is 1. The van der Waals surface area contributed by atoms with Crippen LogP contribution >= 0.6 is 0 Å². The molecule has 1 aliphatic heterocycles. The first-order valence-corrected chi connectivity index (χ1v) is 7.76. The van der Waals surface area contributed by atoms with Crippen LogP contribution in [0.15, 0.2) is 48.8 Å². The van der Waals surface area contributed by atoms with E-state index in [0.29, 0.717) is 12.0 Å². The molecular formula is C18H19N3O2. The van der Waals surface area contributed by atoms with Gasteiger partial charge in [0.2, 0.25) is 5.91 Å². The van der Waals surface area contributed by atoms with E-state index in [1.54, 1.807) is 29.4 Å². The predicted molar refractivity (Wildman–Crippen MR) is 88.1 cm³/mol. The van der Waals surface area contributed by atoms with E-state index < -0.39 is 0 Å². The van der Waals surface area contributed by atoms with Crippen molar-refractivity contribution in [2.24, 2.45) is 0 Å². The number of hydrogen-bond acceptors (Lipinski definition) is 3. The third-order valence-electron chi connectivity index (χ3n) is 4.07. The van der Waals surface area contributed by atoms with Crippen LogP contribution in [0.2, 0.25) is 0 Å². The van der Waals surface area contributed by atoms with Crippen LogP contribution in [0.5, 0.6) is 0 Å². The lowest BCUT2D eigenvalue weighted by molar-refractivity contribution is -0.117. The van der Waals surface area contributed by atoms with E-state index >= 15 is 0 Å². The molecule has 1 unspecified atom stereocenters. The van der Waals surface area contributed by atoms with Gasteiger partial charge in [0.1, 0.15) is 0 Å². The van der Waals surface area contributed by atoms with Crippen LogP contribution in [-0.4, -0.2) is 23.3 Å². The van der Waals surface area contributed by atoms with E-state index in [-0.39, 0.29) is 17.9 Å². The van der Waals surface area contributed by atoms with Gasteiger partial charge in [-0.3, -0.25) is 14.6 Å². The molecule has 1 N–H and O–H groups in total. The molecule has 5 heteroatoms. The van der Waals surface area contributed by atoms with Crippen molar-refractivity contribution in [1.82, 2.24) is 10.3 Å². The topological polar surface area (TPSA) is 62.3 Å². The van der Waals surface area contributed by atoms with Gasteiger partial charge in [0.15, 0.2) is 0 Å². The molecule has 2 aromatic rings. The minimum atomic E-state index is -0.131. The lowest BCUT2D eigenvalue weighted by Crippen LogP contribution is -2.27. The zero-order valence-electron chi connectivity index (χ0n) is 13.0. The van der Waals surface area contributed by atoms with Crippen LogP contribution < -0.4 is 10.2 Å². The quantitative estimate of drug-likeness (QED) is 0.944. The highest BCUT2D eigenvalue weighted by Gasteiger charge is 2.21. The van der Waals surface area contributed by atoms with Gasteiger partial charge in [0.05, 0.1) is 6.04 Å². The van der Waals surface area contributed by atoms with Crippen molar-refractivity contribution in [2.75, 3.05) is 11.4 Å². The normalized spacial score (nSPS) is 15.5. The largest absolute Gasteiger partial charge is 0.346 e. The minimum Gasteiger partial charge on any atom is -0.346 e. The second-order valence-corrected chi connectivity index (χ2v) is 5.67. The second-order valence-electron chi connectivity index (χ2n) is 5.67. The number of amides is 2. The van der Waals surface area contributed by atoms with Gasteiger partial charge in [-0.15, -0.1) is 0 Å². The Kier molecular flexibility index (Phi) is 4.37. The summed E-state index contributed by atoms with van der Waals surface area (Å²) in [5, 5.41) is 2.96. The number of carbonyl (C=O) groups excluding carboxylic acids is 2. The van der Waals surface area contributed by atoms with E-state index in [0.717, 1.165) is 24.2 Å². The molecule has 1 aromatic carbocycles. The Morgan fingerprint density at radius 3 is 2.48 bits per heavy atom. The fraction of sp³-hybridized carbons (Fsp3) is 0.278. The molecule has 0 saturated carbocycles. The summed E-state index contributed by atoms with van der Waals surface area (Å²) in [6.45, 7) is 2.69. The summed E-state index contributed by atoms with van der Waals surface area (Å²) in [6, 6.07) is 10.8. The Balaban J connectivity index is 1.67. The van der Waals surface area contributed by atoms with Crippen molar-refractivity contribution in [3.8, 4) is 0 Å². The lowest BCUT2D eigenvalue weighted by Gasteiger charge is -2.17. The molecule has 0 spiro atoms. The van der Waals surface area contributed by atoms with Crippen molar-refractivity contribution in [2.45, 2.75) is 25.8 Å². The van der Waals surface area contributed by atoms with Crippen LogP contribution in [-0.2, 0) is 4.79 Å². The highest BCUT2D eigenvalue weighted by atomic mass is 16.2. The van der Waals surface area contributed by atoms with Crippen molar-refractivity contribution in [3.63, 3.8) is 0 Å². The van der Waals surface area contributed by atoms with Gasteiger partial charge >= 0.3 is 0 Å². The minimum absolute atomic E-state index is 0.0923. The molecule has 2 heterocycles. The molecule has 2 amide bonds. The van der Waals surface area contributed by atoms with Gasteiger partial charge < -0.3 is 10.2 Å². The van der Waals surface area contributed by atoms with E-state index in [9.17, 15) is 9.59 Å². The number of benzene rings is 1. The summed E-state index contributed by atoms with van der Waals surface area (Å²) in [7, 11) is 0. The molecule has 118 valence electrons. The molecule has 23 heavy (non-hydrogen) atoms. The number of nitrogens with zero attached hydrogens (tertiary/aromatic N) is 2. The first-order chi connectivity index (χ1) is 11.1. The van der Waals surface area contributed by atoms with Gasteiger partial charge in [-0.2, -0.15) is 0 Å². The Bertz CT molecular complexity index is 698. The van der Waals surface area contributed by atoms with Gasteiger partial charge in [-0.25, -0.2) is 0 Å². The summed E-state index contributed by atoms with van der Waals surface area (Å²) >= 11 is 0. The van der Waals surface area contributed by atoms with Crippen LogP contribution in [0.25, 0.3) is 0 Å². The summed E-state index contributed by atoms with van der Waals surface area (Å²) in [6.07, 6.45) is 4.91. The summed E-state index contributed by atoms with van der Waals surface area (Å²) in [4.78, 5) is 29.8. The maximum Gasteiger partial charge on any atom is 0.251 e. The molecule has 5 nitrogen and oxygen atoms in total. The highest BCUT2D eigenvalue weighted by Crippen LogP contribution is 2.22. The van der Waals surface area contributed by atoms with E-state index in [1.807, 2.05) is 31.2 Å². The van der Waals surface area contributed by atoms with Crippen LogP contribution in [0.3, 0.4) is 0 Å². The fourth-order valence-corrected chi connectivity index (χ4v) is 2.73. The molecule has 0 bridgehead atoms. The van der Waals surface area contributed by atoms with Crippen molar-refractivity contribution >= 4 is 17.5 Å². The lowest BCUT2D eigenvalue weighted by atomic mass is 10.1. The number of anilines is 1. The highest BCUT2D eigenvalue weighted by molar-refractivity contribution is 5.97. The van der Waals surface area contributed by atoms with E-state index in [1.165, 1.54) is 0 Å². The van der Waals surface area contributed by atoms with Crippen molar-refractivity contribution < 1.29 is 9.59 Å². The Morgan fingerprint density at radius 2 is 1.87 bits per heavy atom. The second kappa shape index (κ2) is 6.60. The monoisotopic (exact) mass is 309 g/mol. The summed E-state index contributed by atoms with van der Waals surface area (Å²) in [5.41, 5.74) is 2.44. The zero-order chi connectivity index (χ0) is 16.2. The van der Waals surface area contributed by atoms with E-state index in [4.69, 9.17) is 0 Å². The number of aromatic nitrogens is 1. The van der Waals surface area contributed by atoms with Crippen LogP contribution in [0.1, 0.15) is 41.7 Å². The zero-order valence-corrected chi connectivity index (χ0v) is 13.0. The molecular weight excluding hydrogens is 290 g/mol. The van der Waals surface area contributed by atoms with Crippen molar-refractivity contribution in [3.05, 3.63) is 59.9 Å². The molecule has 1 atom stereocenters. The fourth-order valence-electron chi connectivity index (χ4n) is 2.73. The Labute approximate surface area is 135 Å². The summed E-state index contributed by atoms with van der Waals surface area (Å²) < 4.78 is 0. The van der Waals surface area contributed by atoms with Gasteiger partial charge in [-0.1, -0.05) is 0 Å². The number of rotatable bonds is 4. The average Bonchev–Trinajstić information content (AvgIpc) is 3.02. The molecule has 1 saturated heterocycles. The first kappa shape index (κ1) is 15.2. The van der Waals surface area contributed by atoms with Gasteiger partial charge in [0, 0.05) is 36.6 Å². The maximum absolute atomic E-state index is 12.3. The molecule has 0 radical (unpaired) electrons. The van der Waals surface area contributed by atoms with Crippen LogP contribution in [0.4, 0.5) is 5.69 Å². The molecule has 1 aliphatic rings. The Morgan fingerprint density at radius 1 is 1.17 bits per heavy atom. The smallest absolute Gasteiger partial charge is 0.251 e. The third-order valence-corrected chi connectivity index (χ3v) is 4.07. The summed E-state index contributed by atoms with van der Waals surface area (Å²) in [5.74, 6) is 0.0159. The number of nitrogens with one attached hydrogen (secondary N) is 1. The van der Waals surface area contributed by atoms with Crippen LogP contribution in [0, 0.1) is 0 Å². The van der Waals surface area contributed by atoms with Gasteiger partial charge in [0.25, 0.3) is 5.91 Å². The Hall–Kier alpha value is -2.69. The standard InChI is InChI=1S/C18H19N3O2/c1-13(14-8-10-19-11-9-14)20-18(23)15-4-6-16(7-5-15)21-12-2-3-17(21)22/h4-11,13H,2-3,12H2,1H3,(H,20,23). The molecule has 1 aromatic heterocycles. The van der Waals surface area contributed by atoms with E-state index in [2.05, 4.69) is 10.3 Å². The molecule has 1 fully saturated rings. The molecule has 3 rings (SSSR count). The maximum atomic E-state index is 12.3. The first-order valence-electron chi connectivity index (χ1n) is 7.76. The average molecular weight is 309 g/mol. The third kappa shape index (κ3) is 3.39. The number of carbonyl (C=O) groups is 2.